The SMILES string of the molecule is CCO[Si](CC)(OC(C)F)OC(F)(F)C(F)(F)F. The molecule has 0 bridgehead atoms. The Morgan fingerprint density at radius 3 is 1.89 bits per heavy atom. The first-order chi connectivity index (χ1) is 7.99. The average Bonchev–Trinajstić information content (AvgIpc) is 2.14. The molecule has 2 atom stereocenters. The summed E-state index contributed by atoms with van der Waals surface area (Å²) in [6, 6.07) is -0.416. The van der Waals surface area contributed by atoms with Gasteiger partial charge in [-0.2, -0.15) is 22.0 Å². The molecule has 0 aromatic carbocycles. The van der Waals surface area contributed by atoms with Crippen LogP contribution in [-0.2, 0) is 13.3 Å². The van der Waals surface area contributed by atoms with Crippen LogP contribution in [-0.4, -0.2) is 34.1 Å². The van der Waals surface area contributed by atoms with Gasteiger partial charge in [-0.1, -0.05) is 6.92 Å². The molecule has 0 N–H and O–H groups in total. The molecule has 0 radical (unpaired) electrons. The number of hydrogen-bond donors (Lipinski definition) is 0. The van der Waals surface area contributed by atoms with Gasteiger partial charge in [0.2, 0.25) is 0 Å². The Kier molecular flexibility index (Phi) is 6.10. The van der Waals surface area contributed by atoms with Gasteiger partial charge in [-0.15, -0.1) is 0 Å². The van der Waals surface area contributed by atoms with Crippen molar-refractivity contribution in [3.05, 3.63) is 0 Å². The molecule has 0 aliphatic carbocycles. The predicted octanol–water partition coefficient (Wildman–Crippen LogP) is 3.49. The lowest BCUT2D eigenvalue weighted by atomic mass is 10.6. The Morgan fingerprint density at radius 2 is 1.61 bits per heavy atom. The third kappa shape index (κ3) is 4.75. The van der Waals surface area contributed by atoms with E-state index in [0.717, 1.165) is 6.92 Å². The maximum absolute atomic E-state index is 12.8. The molecule has 10 heteroatoms. The zero-order valence-electron chi connectivity index (χ0n) is 9.98. The molecule has 3 nitrogen and oxygen atoms in total. The molecule has 0 amide bonds. The minimum atomic E-state index is -5.92. The van der Waals surface area contributed by atoms with Gasteiger partial charge in [-0.3, -0.25) is 0 Å². The van der Waals surface area contributed by atoms with Crippen LogP contribution in [0.4, 0.5) is 26.3 Å². The first-order valence-corrected chi connectivity index (χ1v) is 7.03. The Bertz CT molecular complexity index is 260. The van der Waals surface area contributed by atoms with Crippen molar-refractivity contribution in [2.24, 2.45) is 0 Å². The summed E-state index contributed by atoms with van der Waals surface area (Å²) in [5.74, 6) is 0. The molecule has 0 aliphatic heterocycles. The highest BCUT2D eigenvalue weighted by atomic mass is 28.4. The molecular formula is C8H14F6O3Si. The third-order valence-corrected chi connectivity index (χ3v) is 4.60. The lowest BCUT2D eigenvalue weighted by molar-refractivity contribution is -0.374. The highest BCUT2D eigenvalue weighted by Crippen LogP contribution is 2.39. The van der Waals surface area contributed by atoms with Gasteiger partial charge in [0.15, 0.2) is 6.36 Å². The van der Waals surface area contributed by atoms with Crippen LogP contribution < -0.4 is 0 Å². The van der Waals surface area contributed by atoms with Gasteiger partial charge in [-0.25, -0.2) is 4.39 Å². The van der Waals surface area contributed by atoms with Gasteiger partial charge in [0, 0.05) is 12.7 Å². The lowest BCUT2D eigenvalue weighted by Crippen LogP contribution is -2.55. The molecule has 0 aliphatic rings. The second-order valence-electron chi connectivity index (χ2n) is 3.25. The van der Waals surface area contributed by atoms with E-state index < -0.39 is 33.5 Å². The predicted molar refractivity (Wildman–Crippen MR) is 51.6 cm³/mol. The van der Waals surface area contributed by atoms with Crippen LogP contribution in [0.1, 0.15) is 20.8 Å². The van der Waals surface area contributed by atoms with Crippen molar-refractivity contribution in [2.45, 2.75) is 45.5 Å². The van der Waals surface area contributed by atoms with Gasteiger partial charge in [0.25, 0.3) is 0 Å². The standard InChI is InChI=1S/C8H14F6O3Si/c1-4-15-18(5-2,16-6(3)9)17-8(13,14)7(10,11)12/h6H,4-5H2,1-3H3. The molecule has 0 spiro atoms. The fourth-order valence-corrected chi connectivity index (χ4v) is 3.20. The maximum Gasteiger partial charge on any atom is 0.507 e. The molecule has 0 fully saturated rings. The van der Waals surface area contributed by atoms with E-state index in [1.54, 1.807) is 0 Å². The topological polar surface area (TPSA) is 27.7 Å². The number of alkyl halides is 6. The van der Waals surface area contributed by atoms with E-state index in [9.17, 15) is 26.3 Å². The van der Waals surface area contributed by atoms with Crippen molar-refractivity contribution in [1.82, 2.24) is 0 Å². The van der Waals surface area contributed by atoms with E-state index in [0.29, 0.717) is 0 Å². The first kappa shape index (κ1) is 17.7. The molecule has 0 heterocycles. The van der Waals surface area contributed by atoms with Crippen LogP contribution in [0.3, 0.4) is 0 Å². The summed E-state index contributed by atoms with van der Waals surface area (Å²) in [7, 11) is -4.42. The van der Waals surface area contributed by atoms with E-state index in [4.69, 9.17) is 4.43 Å². The molecule has 0 saturated carbocycles. The van der Waals surface area contributed by atoms with Crippen molar-refractivity contribution in [3.63, 3.8) is 0 Å². The highest BCUT2D eigenvalue weighted by Gasteiger charge is 2.64. The van der Waals surface area contributed by atoms with Gasteiger partial charge < -0.3 is 13.3 Å². The van der Waals surface area contributed by atoms with Crippen LogP contribution in [0.5, 0.6) is 0 Å². The van der Waals surface area contributed by atoms with Crippen LogP contribution in [0.25, 0.3) is 0 Å². The second kappa shape index (κ2) is 6.22. The summed E-state index contributed by atoms with van der Waals surface area (Å²) >= 11 is 0. The summed E-state index contributed by atoms with van der Waals surface area (Å²) in [6.07, 6.45) is -13.4. The monoisotopic (exact) mass is 300 g/mol. The summed E-state index contributed by atoms with van der Waals surface area (Å²) in [5, 5.41) is 0. The van der Waals surface area contributed by atoms with Gasteiger partial charge in [-0.05, 0) is 13.8 Å². The zero-order chi connectivity index (χ0) is 14.6. The largest absolute Gasteiger partial charge is 0.507 e. The summed E-state index contributed by atoms with van der Waals surface area (Å²) in [4.78, 5) is 0. The smallest absolute Gasteiger partial charge is 0.374 e. The van der Waals surface area contributed by atoms with Gasteiger partial charge >= 0.3 is 21.1 Å². The first-order valence-electron chi connectivity index (χ1n) is 5.10. The van der Waals surface area contributed by atoms with E-state index in [-0.39, 0.29) is 6.61 Å². The summed E-state index contributed by atoms with van der Waals surface area (Å²) in [6.45, 7) is 3.17. The van der Waals surface area contributed by atoms with E-state index in [1.807, 2.05) is 0 Å². The Hall–Kier alpha value is -0.323. The maximum atomic E-state index is 12.8. The molecule has 18 heavy (non-hydrogen) atoms. The summed E-state index contributed by atoms with van der Waals surface area (Å²) in [5.41, 5.74) is 0. The van der Waals surface area contributed by atoms with E-state index in [1.165, 1.54) is 13.8 Å². The van der Waals surface area contributed by atoms with Crippen molar-refractivity contribution in [2.75, 3.05) is 6.61 Å². The summed E-state index contributed by atoms with van der Waals surface area (Å²) < 4.78 is 87.1. The normalized spacial score (nSPS) is 18.5. The van der Waals surface area contributed by atoms with E-state index >= 15 is 0 Å². The minimum Gasteiger partial charge on any atom is -0.374 e. The number of hydrogen-bond acceptors (Lipinski definition) is 3. The molecule has 2 unspecified atom stereocenters. The number of halogens is 6. The molecule has 0 rings (SSSR count). The molecule has 0 aromatic rings. The Morgan fingerprint density at radius 1 is 1.11 bits per heavy atom. The molecule has 110 valence electrons. The Labute approximate surface area is 101 Å². The zero-order valence-corrected chi connectivity index (χ0v) is 11.0. The quantitative estimate of drug-likeness (QED) is 0.532. The molecule has 0 saturated heterocycles. The van der Waals surface area contributed by atoms with Crippen molar-refractivity contribution in [3.8, 4) is 0 Å². The molecule has 0 aromatic heterocycles. The van der Waals surface area contributed by atoms with Crippen molar-refractivity contribution >= 4 is 8.80 Å². The lowest BCUT2D eigenvalue weighted by Gasteiger charge is -2.32. The van der Waals surface area contributed by atoms with Crippen LogP contribution in [0.2, 0.25) is 6.04 Å². The highest BCUT2D eigenvalue weighted by molar-refractivity contribution is 6.60. The van der Waals surface area contributed by atoms with Crippen LogP contribution >= 0.6 is 0 Å². The van der Waals surface area contributed by atoms with Crippen LogP contribution in [0.15, 0.2) is 0 Å². The van der Waals surface area contributed by atoms with Crippen molar-refractivity contribution in [1.29, 1.82) is 0 Å². The van der Waals surface area contributed by atoms with Gasteiger partial charge in [0.1, 0.15) is 0 Å². The minimum absolute atomic E-state index is 0.235. The Balaban J connectivity index is 5.09. The third-order valence-electron chi connectivity index (χ3n) is 1.75. The number of rotatable bonds is 7. The fraction of sp³-hybridized carbons (Fsp3) is 1.00. The van der Waals surface area contributed by atoms with Gasteiger partial charge in [0.05, 0.1) is 0 Å². The fourth-order valence-electron chi connectivity index (χ4n) is 1.07. The second-order valence-corrected chi connectivity index (χ2v) is 6.05. The molecular weight excluding hydrogens is 286 g/mol. The average molecular weight is 300 g/mol. The van der Waals surface area contributed by atoms with E-state index in [2.05, 4.69) is 8.85 Å². The van der Waals surface area contributed by atoms with Crippen molar-refractivity contribution < 1.29 is 39.6 Å². The van der Waals surface area contributed by atoms with Crippen LogP contribution in [0, 0.1) is 0 Å².